The Hall–Kier alpha value is -2.16. The van der Waals surface area contributed by atoms with Gasteiger partial charge in [-0.05, 0) is 31.2 Å². The average Bonchev–Trinajstić information content (AvgIpc) is 2.62. The van der Waals surface area contributed by atoms with Crippen molar-refractivity contribution in [2.45, 2.75) is 13.0 Å². The number of rotatable bonds is 2. The molecule has 0 aromatic heterocycles. The standard InChI is InChI=1S/C18H19Cl2N3O2/c1-3-17(24)22-8-10-23(11-9-22)18(25)21-13(2)4-5-14-6-7-15(19)16(20)12-14/h3,6-7,12-13H,1,8-11H2,2H3,(H,21,25). The Bertz CT molecular complexity index is 732. The van der Waals surface area contributed by atoms with Gasteiger partial charge in [-0.3, -0.25) is 4.79 Å². The Kier molecular flexibility index (Phi) is 6.74. The second kappa shape index (κ2) is 8.80. The molecular weight excluding hydrogens is 361 g/mol. The van der Waals surface area contributed by atoms with Crippen molar-refractivity contribution in [2.75, 3.05) is 26.2 Å². The van der Waals surface area contributed by atoms with E-state index in [4.69, 9.17) is 23.2 Å². The van der Waals surface area contributed by atoms with Gasteiger partial charge in [-0.2, -0.15) is 0 Å². The normalized spacial score (nSPS) is 15.0. The topological polar surface area (TPSA) is 52.7 Å². The summed E-state index contributed by atoms with van der Waals surface area (Å²) in [5.41, 5.74) is 0.729. The van der Waals surface area contributed by atoms with Crippen LogP contribution in [0.25, 0.3) is 0 Å². The number of hydrogen-bond acceptors (Lipinski definition) is 2. The molecule has 1 saturated heterocycles. The molecule has 1 aromatic rings. The third-order valence-corrected chi connectivity index (χ3v) is 4.48. The van der Waals surface area contributed by atoms with Crippen molar-refractivity contribution < 1.29 is 9.59 Å². The van der Waals surface area contributed by atoms with Gasteiger partial charge in [0.25, 0.3) is 0 Å². The third kappa shape index (κ3) is 5.42. The number of piperazine rings is 1. The molecule has 25 heavy (non-hydrogen) atoms. The van der Waals surface area contributed by atoms with Crippen molar-refractivity contribution in [3.63, 3.8) is 0 Å². The highest BCUT2D eigenvalue weighted by molar-refractivity contribution is 6.42. The lowest BCUT2D eigenvalue weighted by molar-refractivity contribution is -0.127. The van der Waals surface area contributed by atoms with Crippen molar-refractivity contribution in [3.05, 3.63) is 46.5 Å². The summed E-state index contributed by atoms with van der Waals surface area (Å²) in [6, 6.07) is 4.62. The van der Waals surface area contributed by atoms with E-state index in [9.17, 15) is 9.59 Å². The first-order chi connectivity index (χ1) is 11.9. The molecule has 1 aliphatic heterocycles. The van der Waals surface area contributed by atoms with E-state index >= 15 is 0 Å². The van der Waals surface area contributed by atoms with Gasteiger partial charge in [-0.25, -0.2) is 4.79 Å². The van der Waals surface area contributed by atoms with Gasteiger partial charge in [0.2, 0.25) is 5.91 Å². The van der Waals surface area contributed by atoms with Crippen molar-refractivity contribution in [2.24, 2.45) is 0 Å². The minimum atomic E-state index is -0.324. The molecule has 3 amide bonds. The molecule has 1 aliphatic rings. The van der Waals surface area contributed by atoms with Crippen LogP contribution in [0.1, 0.15) is 12.5 Å². The molecule has 0 bridgehead atoms. The predicted octanol–water partition coefficient (Wildman–Crippen LogP) is 2.77. The van der Waals surface area contributed by atoms with Crippen molar-refractivity contribution in [1.29, 1.82) is 0 Å². The zero-order chi connectivity index (χ0) is 18.4. The average molecular weight is 380 g/mol. The molecule has 0 spiro atoms. The van der Waals surface area contributed by atoms with Gasteiger partial charge in [0.15, 0.2) is 0 Å². The fourth-order valence-electron chi connectivity index (χ4n) is 2.34. The Morgan fingerprint density at radius 3 is 2.44 bits per heavy atom. The monoisotopic (exact) mass is 379 g/mol. The van der Waals surface area contributed by atoms with Gasteiger partial charge in [0.05, 0.1) is 16.1 Å². The fraction of sp³-hybridized carbons (Fsp3) is 0.333. The first-order valence-corrected chi connectivity index (χ1v) is 8.59. The van der Waals surface area contributed by atoms with E-state index in [1.807, 2.05) is 0 Å². The Balaban J connectivity index is 1.87. The predicted molar refractivity (Wildman–Crippen MR) is 99.7 cm³/mol. The molecule has 0 radical (unpaired) electrons. The first kappa shape index (κ1) is 19.2. The number of amides is 3. The van der Waals surface area contributed by atoms with Crippen LogP contribution in [0, 0.1) is 11.8 Å². The van der Waals surface area contributed by atoms with E-state index < -0.39 is 0 Å². The molecule has 1 atom stereocenters. The zero-order valence-corrected chi connectivity index (χ0v) is 15.4. The number of hydrogen-bond donors (Lipinski definition) is 1. The Labute approximate surface area is 157 Å². The van der Waals surface area contributed by atoms with Crippen LogP contribution in [0.2, 0.25) is 10.0 Å². The molecule has 1 N–H and O–H groups in total. The van der Waals surface area contributed by atoms with Gasteiger partial charge in [-0.15, -0.1) is 0 Å². The summed E-state index contributed by atoms with van der Waals surface area (Å²) in [6.07, 6.45) is 1.29. The fourth-order valence-corrected chi connectivity index (χ4v) is 2.64. The molecule has 7 heteroatoms. The van der Waals surface area contributed by atoms with Crippen LogP contribution in [0.15, 0.2) is 30.9 Å². The minimum absolute atomic E-state index is 0.110. The lowest BCUT2D eigenvalue weighted by Crippen LogP contribution is -2.53. The van der Waals surface area contributed by atoms with Gasteiger partial charge < -0.3 is 15.1 Å². The van der Waals surface area contributed by atoms with E-state index in [1.54, 1.807) is 34.9 Å². The maximum atomic E-state index is 12.2. The molecule has 1 aromatic carbocycles. The van der Waals surface area contributed by atoms with E-state index in [0.717, 1.165) is 5.56 Å². The number of halogens is 2. The summed E-state index contributed by atoms with van der Waals surface area (Å²) in [5.74, 6) is 5.81. The number of nitrogens with one attached hydrogen (secondary N) is 1. The van der Waals surface area contributed by atoms with Crippen LogP contribution in [0.5, 0.6) is 0 Å². The second-order valence-corrected chi connectivity index (χ2v) is 6.40. The Morgan fingerprint density at radius 1 is 1.20 bits per heavy atom. The van der Waals surface area contributed by atoms with Crippen molar-refractivity contribution >= 4 is 35.1 Å². The molecule has 0 saturated carbocycles. The summed E-state index contributed by atoms with van der Waals surface area (Å²) in [7, 11) is 0. The molecule has 5 nitrogen and oxygen atoms in total. The molecular formula is C18H19Cl2N3O2. The maximum absolute atomic E-state index is 12.2. The van der Waals surface area contributed by atoms with Crippen LogP contribution >= 0.6 is 23.2 Å². The van der Waals surface area contributed by atoms with Gasteiger partial charge >= 0.3 is 6.03 Å². The van der Waals surface area contributed by atoms with Gasteiger partial charge in [0.1, 0.15) is 0 Å². The molecule has 1 fully saturated rings. The highest BCUT2D eigenvalue weighted by atomic mass is 35.5. The molecule has 2 rings (SSSR count). The highest BCUT2D eigenvalue weighted by Crippen LogP contribution is 2.22. The van der Waals surface area contributed by atoms with Crippen LogP contribution in [-0.2, 0) is 4.79 Å². The van der Waals surface area contributed by atoms with E-state index in [1.165, 1.54) is 6.08 Å². The number of carbonyl (C=O) groups excluding carboxylic acids is 2. The number of carbonyl (C=O) groups is 2. The van der Waals surface area contributed by atoms with Crippen molar-refractivity contribution in [3.8, 4) is 11.8 Å². The summed E-state index contributed by atoms with van der Waals surface area (Å²) in [6.45, 7) is 7.25. The maximum Gasteiger partial charge on any atom is 0.318 e. The summed E-state index contributed by atoms with van der Waals surface area (Å²) >= 11 is 11.8. The lowest BCUT2D eigenvalue weighted by atomic mass is 10.2. The second-order valence-electron chi connectivity index (χ2n) is 5.59. The molecule has 132 valence electrons. The highest BCUT2D eigenvalue weighted by Gasteiger charge is 2.23. The van der Waals surface area contributed by atoms with E-state index in [-0.39, 0.29) is 18.0 Å². The Morgan fingerprint density at radius 2 is 1.84 bits per heavy atom. The van der Waals surface area contributed by atoms with Crippen LogP contribution in [-0.4, -0.2) is 54.0 Å². The number of nitrogens with zero attached hydrogens (tertiary/aromatic N) is 2. The first-order valence-electron chi connectivity index (χ1n) is 7.84. The summed E-state index contributed by atoms with van der Waals surface area (Å²) in [4.78, 5) is 27.1. The largest absolute Gasteiger partial charge is 0.336 e. The smallest absolute Gasteiger partial charge is 0.318 e. The van der Waals surface area contributed by atoms with E-state index in [2.05, 4.69) is 23.7 Å². The van der Waals surface area contributed by atoms with E-state index in [0.29, 0.717) is 36.2 Å². The molecule has 1 heterocycles. The van der Waals surface area contributed by atoms with Crippen LogP contribution in [0.4, 0.5) is 4.79 Å². The SMILES string of the molecule is C=CC(=O)N1CCN(C(=O)NC(C)C#Cc2ccc(Cl)c(Cl)c2)CC1. The summed E-state index contributed by atoms with van der Waals surface area (Å²) < 4.78 is 0. The number of benzene rings is 1. The third-order valence-electron chi connectivity index (χ3n) is 3.75. The summed E-state index contributed by atoms with van der Waals surface area (Å²) in [5, 5.41) is 3.75. The van der Waals surface area contributed by atoms with Crippen LogP contribution < -0.4 is 5.32 Å². The quantitative estimate of drug-likeness (QED) is 0.634. The number of urea groups is 1. The van der Waals surface area contributed by atoms with Gasteiger partial charge in [0, 0.05) is 31.7 Å². The lowest BCUT2D eigenvalue weighted by Gasteiger charge is -2.34. The van der Waals surface area contributed by atoms with Crippen molar-refractivity contribution in [1.82, 2.24) is 15.1 Å². The van der Waals surface area contributed by atoms with Gasteiger partial charge in [-0.1, -0.05) is 41.6 Å². The molecule has 1 unspecified atom stereocenters. The molecule has 0 aliphatic carbocycles. The zero-order valence-electron chi connectivity index (χ0n) is 13.9. The van der Waals surface area contributed by atoms with Crippen LogP contribution in [0.3, 0.4) is 0 Å². The minimum Gasteiger partial charge on any atom is -0.336 e.